The van der Waals surface area contributed by atoms with Crippen LogP contribution >= 0.6 is 0 Å². The fourth-order valence-electron chi connectivity index (χ4n) is 1.45. The predicted octanol–water partition coefficient (Wildman–Crippen LogP) is 0.579. The smallest absolute Gasteiger partial charge is 0.408 e. The van der Waals surface area contributed by atoms with Crippen LogP contribution in [0.25, 0.3) is 0 Å². The van der Waals surface area contributed by atoms with Gasteiger partial charge in [-0.25, -0.2) is 14.0 Å². The summed E-state index contributed by atoms with van der Waals surface area (Å²) in [5, 5.41) is 10.8. The second-order valence-corrected chi connectivity index (χ2v) is 4.20. The van der Waals surface area contributed by atoms with Crippen molar-refractivity contribution in [2.75, 3.05) is 0 Å². The molecule has 0 aliphatic carbocycles. The number of hydrogen-bond acceptors (Lipinski definition) is 4. The molecule has 0 unspecified atom stereocenters. The number of carboxylic acids is 1. The molecule has 1 aromatic rings. The largest absolute Gasteiger partial charge is 0.480 e. The van der Waals surface area contributed by atoms with Gasteiger partial charge in [0.25, 0.3) is 5.91 Å². The molecule has 4 N–H and O–H groups in total. The Bertz CT molecular complexity index is 509. The first-order valence-corrected chi connectivity index (χ1v) is 6.03. The highest BCUT2D eigenvalue weighted by Crippen LogP contribution is 2.05. The van der Waals surface area contributed by atoms with Crippen LogP contribution in [0.15, 0.2) is 30.3 Å². The molecule has 0 saturated heterocycles. The SMILES string of the molecule is NC(=O)[C@H](F)C[C@@H](NC(=O)OCc1ccccc1)C(=O)O. The summed E-state index contributed by atoms with van der Waals surface area (Å²) < 4.78 is 17.9. The Morgan fingerprint density at radius 3 is 2.43 bits per heavy atom. The first-order chi connectivity index (χ1) is 9.90. The van der Waals surface area contributed by atoms with Gasteiger partial charge in [-0.1, -0.05) is 30.3 Å². The summed E-state index contributed by atoms with van der Waals surface area (Å²) in [5.41, 5.74) is 5.41. The highest BCUT2D eigenvalue weighted by molar-refractivity contribution is 5.83. The van der Waals surface area contributed by atoms with Crippen molar-refractivity contribution in [3.63, 3.8) is 0 Å². The Labute approximate surface area is 119 Å². The summed E-state index contributed by atoms with van der Waals surface area (Å²) in [6, 6.07) is 7.11. The van der Waals surface area contributed by atoms with E-state index in [1.807, 2.05) is 5.32 Å². The van der Waals surface area contributed by atoms with Crippen molar-refractivity contribution < 1.29 is 28.6 Å². The minimum absolute atomic E-state index is 0.0616. The van der Waals surface area contributed by atoms with E-state index in [1.54, 1.807) is 30.3 Å². The number of alkyl carbamates (subject to hydrolysis) is 1. The Hall–Kier alpha value is -2.64. The van der Waals surface area contributed by atoms with Crippen molar-refractivity contribution in [2.45, 2.75) is 25.2 Å². The summed E-state index contributed by atoms with van der Waals surface area (Å²) in [4.78, 5) is 32.9. The van der Waals surface area contributed by atoms with E-state index in [1.165, 1.54) is 0 Å². The molecule has 0 saturated carbocycles. The van der Waals surface area contributed by atoms with Crippen LogP contribution in [0.2, 0.25) is 0 Å². The second-order valence-electron chi connectivity index (χ2n) is 4.20. The van der Waals surface area contributed by atoms with Crippen LogP contribution in [0.5, 0.6) is 0 Å². The number of halogens is 1. The first kappa shape index (κ1) is 16.4. The van der Waals surface area contributed by atoms with Crippen LogP contribution in [0, 0.1) is 0 Å². The zero-order valence-corrected chi connectivity index (χ0v) is 11.0. The lowest BCUT2D eigenvalue weighted by molar-refractivity contribution is -0.140. The van der Waals surface area contributed by atoms with E-state index >= 15 is 0 Å². The van der Waals surface area contributed by atoms with Crippen molar-refractivity contribution in [1.29, 1.82) is 0 Å². The molecule has 0 radical (unpaired) electrons. The Morgan fingerprint density at radius 2 is 1.90 bits per heavy atom. The maximum absolute atomic E-state index is 13.1. The molecule has 2 amide bonds. The molecule has 1 aromatic carbocycles. The van der Waals surface area contributed by atoms with Crippen LogP contribution in [-0.2, 0) is 20.9 Å². The molecule has 0 fully saturated rings. The highest BCUT2D eigenvalue weighted by atomic mass is 19.1. The van der Waals surface area contributed by atoms with Crippen LogP contribution < -0.4 is 11.1 Å². The number of alkyl halides is 1. The third kappa shape index (κ3) is 5.89. The van der Waals surface area contributed by atoms with Gasteiger partial charge < -0.3 is 20.9 Å². The van der Waals surface area contributed by atoms with E-state index in [0.29, 0.717) is 5.56 Å². The number of carbonyl (C=O) groups is 3. The molecule has 0 bridgehead atoms. The molecule has 1 rings (SSSR count). The van der Waals surface area contributed by atoms with E-state index in [2.05, 4.69) is 0 Å². The zero-order valence-electron chi connectivity index (χ0n) is 11.0. The Morgan fingerprint density at radius 1 is 1.29 bits per heavy atom. The molecule has 2 atom stereocenters. The van der Waals surface area contributed by atoms with Gasteiger partial charge in [0.05, 0.1) is 0 Å². The normalized spacial score (nSPS) is 13.0. The van der Waals surface area contributed by atoms with Gasteiger partial charge in [0, 0.05) is 6.42 Å². The molecule has 7 nitrogen and oxygen atoms in total. The number of amides is 2. The number of hydrogen-bond donors (Lipinski definition) is 3. The summed E-state index contributed by atoms with van der Waals surface area (Å²) >= 11 is 0. The molecule has 114 valence electrons. The van der Waals surface area contributed by atoms with Crippen LogP contribution in [0.3, 0.4) is 0 Å². The van der Waals surface area contributed by atoms with Gasteiger partial charge >= 0.3 is 12.1 Å². The van der Waals surface area contributed by atoms with Gasteiger partial charge in [-0.3, -0.25) is 4.79 Å². The number of carboxylic acid groups (broad SMARTS) is 1. The number of benzene rings is 1. The van der Waals surface area contributed by atoms with Gasteiger partial charge in [-0.05, 0) is 5.56 Å². The second kappa shape index (κ2) is 7.83. The third-order valence-electron chi connectivity index (χ3n) is 2.55. The number of rotatable bonds is 7. The summed E-state index contributed by atoms with van der Waals surface area (Å²) in [7, 11) is 0. The van der Waals surface area contributed by atoms with Gasteiger partial charge in [0.2, 0.25) is 0 Å². The minimum atomic E-state index is -2.17. The number of aliphatic carboxylic acids is 1. The lowest BCUT2D eigenvalue weighted by Gasteiger charge is -2.15. The van der Waals surface area contributed by atoms with E-state index in [0.717, 1.165) is 0 Å². The fraction of sp³-hybridized carbons (Fsp3) is 0.308. The fourth-order valence-corrected chi connectivity index (χ4v) is 1.45. The third-order valence-corrected chi connectivity index (χ3v) is 2.55. The van der Waals surface area contributed by atoms with E-state index in [4.69, 9.17) is 15.6 Å². The molecule has 0 heterocycles. The Kier molecular flexibility index (Phi) is 6.12. The lowest BCUT2D eigenvalue weighted by atomic mass is 10.1. The average molecular weight is 298 g/mol. The maximum atomic E-state index is 13.1. The minimum Gasteiger partial charge on any atom is -0.480 e. The predicted molar refractivity (Wildman–Crippen MR) is 69.9 cm³/mol. The van der Waals surface area contributed by atoms with E-state index in [9.17, 15) is 18.8 Å². The van der Waals surface area contributed by atoms with E-state index in [-0.39, 0.29) is 6.61 Å². The molecule has 0 aliphatic heterocycles. The molecule has 0 spiro atoms. The maximum Gasteiger partial charge on any atom is 0.408 e. The molecular formula is C13H15FN2O5. The van der Waals surface area contributed by atoms with Crippen LogP contribution in [-0.4, -0.2) is 35.3 Å². The number of nitrogens with two attached hydrogens (primary N) is 1. The molecular weight excluding hydrogens is 283 g/mol. The van der Waals surface area contributed by atoms with Gasteiger partial charge in [0.15, 0.2) is 6.17 Å². The summed E-state index contributed by atoms with van der Waals surface area (Å²) in [6.45, 7) is -0.0616. The molecule has 8 heteroatoms. The standard InChI is InChI=1S/C13H15FN2O5/c14-9(11(15)17)6-10(12(18)19)16-13(20)21-7-8-4-2-1-3-5-8/h1-5,9-10H,6-7H2,(H2,15,17)(H,16,20)(H,18,19)/t9-,10-/m1/s1. The van der Waals surface area contributed by atoms with Crippen LogP contribution in [0.4, 0.5) is 9.18 Å². The van der Waals surface area contributed by atoms with Crippen molar-refractivity contribution in [2.24, 2.45) is 5.73 Å². The van der Waals surface area contributed by atoms with Gasteiger partial charge in [0.1, 0.15) is 12.6 Å². The molecule has 0 aliphatic rings. The number of primary amides is 1. The van der Waals surface area contributed by atoms with Crippen molar-refractivity contribution in [3.05, 3.63) is 35.9 Å². The van der Waals surface area contributed by atoms with Crippen molar-refractivity contribution in [3.8, 4) is 0 Å². The Balaban J connectivity index is 2.49. The first-order valence-electron chi connectivity index (χ1n) is 6.03. The average Bonchev–Trinajstić information content (AvgIpc) is 2.45. The number of nitrogens with one attached hydrogen (secondary N) is 1. The van der Waals surface area contributed by atoms with Crippen LogP contribution in [0.1, 0.15) is 12.0 Å². The van der Waals surface area contributed by atoms with Gasteiger partial charge in [-0.15, -0.1) is 0 Å². The summed E-state index contributed by atoms with van der Waals surface area (Å²) in [5.74, 6) is -2.78. The summed E-state index contributed by atoms with van der Waals surface area (Å²) in [6.07, 6.45) is -3.95. The van der Waals surface area contributed by atoms with Crippen molar-refractivity contribution >= 4 is 18.0 Å². The molecule has 21 heavy (non-hydrogen) atoms. The van der Waals surface area contributed by atoms with Crippen molar-refractivity contribution in [1.82, 2.24) is 5.32 Å². The number of ether oxygens (including phenoxy) is 1. The van der Waals surface area contributed by atoms with E-state index < -0.39 is 36.6 Å². The number of carbonyl (C=O) groups excluding carboxylic acids is 2. The topological polar surface area (TPSA) is 119 Å². The molecule has 0 aromatic heterocycles. The zero-order chi connectivity index (χ0) is 15.8. The highest BCUT2D eigenvalue weighted by Gasteiger charge is 2.27. The quantitative estimate of drug-likeness (QED) is 0.680. The lowest BCUT2D eigenvalue weighted by Crippen LogP contribution is -2.44. The monoisotopic (exact) mass is 298 g/mol. The van der Waals surface area contributed by atoms with Gasteiger partial charge in [-0.2, -0.15) is 0 Å².